The van der Waals surface area contributed by atoms with E-state index in [9.17, 15) is 18.0 Å². The van der Waals surface area contributed by atoms with Crippen molar-refractivity contribution in [3.63, 3.8) is 0 Å². The van der Waals surface area contributed by atoms with Gasteiger partial charge in [0.25, 0.3) is 0 Å². The fourth-order valence-electron chi connectivity index (χ4n) is 0.903. The normalized spacial score (nSPS) is 19.2. The lowest BCUT2D eigenvalue weighted by Gasteiger charge is -2.22. The Morgan fingerprint density at radius 2 is 1.95 bits per heavy atom. The Bertz CT molecular complexity index is 469. The second-order valence-electron chi connectivity index (χ2n) is 3.30. The van der Waals surface area contributed by atoms with Gasteiger partial charge in [-0.25, -0.2) is 0 Å². The molecule has 1 aliphatic heterocycles. The standard InChI is InChI=1S/C8H11NO2.CHF3O3S/c1-9-4-3-8(11-2)5-7(9)6-10;2-1(3,4)8(5,6)7/h3-7H,1-2H3;(H,5,6,7). The molecule has 1 rings (SSSR count). The Labute approximate surface area is 107 Å². The molecule has 0 aliphatic carbocycles. The van der Waals surface area contributed by atoms with Gasteiger partial charge in [-0.15, -0.1) is 0 Å². The second-order valence-corrected chi connectivity index (χ2v) is 4.71. The van der Waals surface area contributed by atoms with Crippen molar-refractivity contribution in [2.45, 2.75) is 11.6 Å². The van der Waals surface area contributed by atoms with Crippen LogP contribution in [0.2, 0.25) is 0 Å². The van der Waals surface area contributed by atoms with Gasteiger partial charge in [0.15, 0.2) is 0 Å². The first-order chi connectivity index (χ1) is 8.52. The van der Waals surface area contributed by atoms with Gasteiger partial charge in [-0.1, -0.05) is 0 Å². The molecule has 0 radical (unpaired) electrons. The van der Waals surface area contributed by atoms with Gasteiger partial charge in [-0.3, -0.25) is 4.55 Å². The summed E-state index contributed by atoms with van der Waals surface area (Å²) in [5.74, 6) is 0.736. The summed E-state index contributed by atoms with van der Waals surface area (Å²) in [5, 5.41) is 0. The van der Waals surface area contributed by atoms with E-state index in [-0.39, 0.29) is 6.04 Å². The molecule has 0 saturated heterocycles. The van der Waals surface area contributed by atoms with E-state index in [2.05, 4.69) is 0 Å². The van der Waals surface area contributed by atoms with E-state index in [0.717, 1.165) is 12.0 Å². The molecule has 1 N–H and O–H groups in total. The maximum Gasteiger partial charge on any atom is 0.522 e. The molecule has 1 unspecified atom stereocenters. The maximum absolute atomic E-state index is 10.7. The predicted octanol–water partition coefficient (Wildman–Crippen LogP) is 0.937. The smallest absolute Gasteiger partial charge is 0.497 e. The van der Waals surface area contributed by atoms with Crippen LogP contribution in [0.15, 0.2) is 24.1 Å². The molecule has 1 heterocycles. The average molecular weight is 303 g/mol. The van der Waals surface area contributed by atoms with Gasteiger partial charge in [0, 0.05) is 13.2 Å². The Kier molecular flexibility index (Phi) is 6.03. The van der Waals surface area contributed by atoms with E-state index in [1.807, 2.05) is 24.2 Å². The van der Waals surface area contributed by atoms with Crippen molar-refractivity contribution >= 4 is 16.4 Å². The van der Waals surface area contributed by atoms with E-state index >= 15 is 0 Å². The molecule has 0 saturated carbocycles. The van der Waals surface area contributed by atoms with Crippen molar-refractivity contribution in [2.24, 2.45) is 0 Å². The number of hydrogen-bond donors (Lipinski definition) is 1. The molecular formula is C9H12F3NO5S. The van der Waals surface area contributed by atoms with Crippen molar-refractivity contribution < 1.29 is 35.7 Å². The van der Waals surface area contributed by atoms with Crippen LogP contribution in [0, 0.1) is 0 Å². The van der Waals surface area contributed by atoms with E-state index in [1.165, 1.54) is 0 Å². The lowest BCUT2D eigenvalue weighted by molar-refractivity contribution is -0.110. The maximum atomic E-state index is 10.7. The minimum absolute atomic E-state index is 0.185. The highest BCUT2D eigenvalue weighted by Gasteiger charge is 2.44. The van der Waals surface area contributed by atoms with Crippen LogP contribution < -0.4 is 0 Å². The number of rotatable bonds is 2. The van der Waals surface area contributed by atoms with Crippen molar-refractivity contribution in [1.29, 1.82) is 0 Å². The fraction of sp³-hybridized carbons (Fsp3) is 0.444. The highest BCUT2D eigenvalue weighted by Crippen LogP contribution is 2.20. The van der Waals surface area contributed by atoms with Crippen LogP contribution in [-0.2, 0) is 19.6 Å². The van der Waals surface area contributed by atoms with Gasteiger partial charge in [-0.05, 0) is 12.2 Å². The zero-order valence-electron chi connectivity index (χ0n) is 9.96. The molecular weight excluding hydrogens is 291 g/mol. The van der Waals surface area contributed by atoms with Gasteiger partial charge < -0.3 is 14.4 Å². The molecule has 10 heteroatoms. The number of carbonyl (C=O) groups excluding carboxylic acids is 1. The number of hydrogen-bond acceptors (Lipinski definition) is 5. The van der Waals surface area contributed by atoms with Crippen molar-refractivity contribution in [2.75, 3.05) is 14.2 Å². The Balaban J connectivity index is 0.000000362. The quantitative estimate of drug-likeness (QED) is 0.464. The number of allylic oxidation sites excluding steroid dienone is 1. The molecule has 0 fully saturated rings. The third-order valence-electron chi connectivity index (χ3n) is 1.95. The number of likely N-dealkylation sites (N-methyl/N-ethyl adjacent to an activating group) is 1. The monoisotopic (exact) mass is 303 g/mol. The summed E-state index contributed by atoms with van der Waals surface area (Å²) < 4.78 is 62.5. The Hall–Kier alpha value is -1.55. The summed E-state index contributed by atoms with van der Waals surface area (Å²) in [6, 6.07) is -0.185. The minimum atomic E-state index is -5.84. The number of alkyl halides is 3. The first-order valence-electron chi connectivity index (χ1n) is 4.68. The van der Waals surface area contributed by atoms with Crippen LogP contribution in [0.4, 0.5) is 13.2 Å². The van der Waals surface area contributed by atoms with E-state index < -0.39 is 15.6 Å². The highest BCUT2D eigenvalue weighted by atomic mass is 32.2. The molecule has 0 amide bonds. The molecule has 0 aromatic rings. The zero-order chi connectivity index (χ0) is 15.3. The largest absolute Gasteiger partial charge is 0.522 e. The van der Waals surface area contributed by atoms with Gasteiger partial charge in [0.2, 0.25) is 0 Å². The molecule has 0 aromatic carbocycles. The van der Waals surface area contributed by atoms with Crippen LogP contribution in [0.1, 0.15) is 0 Å². The third kappa shape index (κ3) is 5.75. The molecule has 110 valence electrons. The van der Waals surface area contributed by atoms with Crippen LogP contribution in [-0.4, -0.2) is 49.9 Å². The fourth-order valence-corrected chi connectivity index (χ4v) is 0.903. The summed E-state index contributed by atoms with van der Waals surface area (Å²) in [6.07, 6.45) is 6.29. The molecule has 0 spiro atoms. The van der Waals surface area contributed by atoms with Crippen LogP contribution in [0.3, 0.4) is 0 Å². The van der Waals surface area contributed by atoms with Crippen molar-refractivity contribution in [1.82, 2.24) is 4.90 Å². The molecule has 0 bridgehead atoms. The average Bonchev–Trinajstić information content (AvgIpc) is 2.28. The van der Waals surface area contributed by atoms with Gasteiger partial charge >= 0.3 is 15.6 Å². The number of carbonyl (C=O) groups is 1. The molecule has 0 aromatic heterocycles. The molecule has 1 aliphatic rings. The van der Waals surface area contributed by atoms with Gasteiger partial charge in [-0.2, -0.15) is 21.6 Å². The minimum Gasteiger partial charge on any atom is -0.497 e. The second kappa shape index (κ2) is 6.57. The summed E-state index contributed by atoms with van der Waals surface area (Å²) in [7, 11) is -2.41. The Morgan fingerprint density at radius 1 is 1.47 bits per heavy atom. The Morgan fingerprint density at radius 3 is 2.26 bits per heavy atom. The molecule has 6 nitrogen and oxygen atoms in total. The lowest BCUT2D eigenvalue weighted by atomic mass is 10.2. The van der Waals surface area contributed by atoms with Crippen LogP contribution in [0.5, 0.6) is 0 Å². The first kappa shape index (κ1) is 17.4. The first-order valence-corrected chi connectivity index (χ1v) is 6.12. The third-order valence-corrected chi connectivity index (χ3v) is 2.53. The predicted molar refractivity (Wildman–Crippen MR) is 59.5 cm³/mol. The topological polar surface area (TPSA) is 83.9 Å². The molecule has 1 atom stereocenters. The lowest BCUT2D eigenvalue weighted by Crippen LogP contribution is -2.28. The van der Waals surface area contributed by atoms with Crippen molar-refractivity contribution in [3.05, 3.63) is 24.1 Å². The van der Waals surface area contributed by atoms with E-state index in [1.54, 1.807) is 13.2 Å². The summed E-state index contributed by atoms with van der Waals surface area (Å²) >= 11 is 0. The molecule has 19 heavy (non-hydrogen) atoms. The van der Waals surface area contributed by atoms with Crippen LogP contribution in [0.25, 0.3) is 0 Å². The van der Waals surface area contributed by atoms with Crippen LogP contribution >= 0.6 is 0 Å². The number of methoxy groups -OCH3 is 1. The van der Waals surface area contributed by atoms with Gasteiger partial charge in [0.1, 0.15) is 18.1 Å². The van der Waals surface area contributed by atoms with E-state index in [4.69, 9.17) is 17.7 Å². The highest BCUT2D eigenvalue weighted by molar-refractivity contribution is 7.86. The number of halogens is 3. The summed E-state index contributed by atoms with van der Waals surface area (Å²) in [5.41, 5.74) is -5.53. The SMILES string of the molecule is COC1=CC(C=O)N(C)C=C1.O=S(=O)(O)C(F)(F)F. The van der Waals surface area contributed by atoms with Crippen molar-refractivity contribution in [3.8, 4) is 0 Å². The number of ether oxygens (including phenoxy) is 1. The van der Waals surface area contributed by atoms with E-state index in [0.29, 0.717) is 0 Å². The summed E-state index contributed by atoms with van der Waals surface area (Å²) in [4.78, 5) is 12.3. The number of aldehydes is 1. The summed E-state index contributed by atoms with van der Waals surface area (Å²) in [6.45, 7) is 0. The van der Waals surface area contributed by atoms with Gasteiger partial charge in [0.05, 0.1) is 7.11 Å². The number of nitrogens with zero attached hydrogens (tertiary/aromatic N) is 1. The zero-order valence-corrected chi connectivity index (χ0v) is 10.8.